The third-order valence-corrected chi connectivity index (χ3v) is 5.86. The number of amides is 2. The number of carbonyl (C=O) groups excluding carboxylic acids is 1. The first-order valence-corrected chi connectivity index (χ1v) is 11.3. The fraction of sp³-hybridized carbons (Fsp3) is 0.478. The molecule has 4 rings (SSSR count). The van der Waals surface area contributed by atoms with Gasteiger partial charge in [0.2, 0.25) is 0 Å². The summed E-state index contributed by atoms with van der Waals surface area (Å²) in [5, 5.41) is 14.7. The van der Waals surface area contributed by atoms with Gasteiger partial charge in [0.15, 0.2) is 5.82 Å². The first-order chi connectivity index (χ1) is 15.9. The summed E-state index contributed by atoms with van der Waals surface area (Å²) >= 11 is 0. The Hall–Kier alpha value is -3.24. The summed E-state index contributed by atoms with van der Waals surface area (Å²) in [6.07, 6.45) is 0.706. The second-order valence-electron chi connectivity index (χ2n) is 8.33. The van der Waals surface area contributed by atoms with Gasteiger partial charge in [0.25, 0.3) is 0 Å². The molecule has 33 heavy (non-hydrogen) atoms. The lowest BCUT2D eigenvalue weighted by molar-refractivity contribution is -0.138. The van der Waals surface area contributed by atoms with E-state index in [1.165, 1.54) is 0 Å². The molecule has 1 saturated heterocycles. The van der Waals surface area contributed by atoms with Crippen LogP contribution in [0.25, 0.3) is 11.4 Å². The SMILES string of the molecule is CCNC(=O)Nc1ccc(-c2nc3c(c(N4CCOC[C@@H]4C)n2)CCN(CC(=O)O)C3)cc1. The van der Waals surface area contributed by atoms with Crippen LogP contribution in [0.3, 0.4) is 0 Å². The molecule has 0 bridgehead atoms. The molecule has 0 spiro atoms. The maximum atomic E-state index is 11.8. The third-order valence-electron chi connectivity index (χ3n) is 5.86. The predicted molar refractivity (Wildman–Crippen MR) is 124 cm³/mol. The van der Waals surface area contributed by atoms with Crippen LogP contribution in [0.4, 0.5) is 16.3 Å². The molecule has 0 aliphatic carbocycles. The van der Waals surface area contributed by atoms with Crippen LogP contribution in [-0.2, 0) is 22.5 Å². The minimum atomic E-state index is -0.843. The number of urea groups is 1. The Morgan fingerprint density at radius 2 is 2.00 bits per heavy atom. The zero-order chi connectivity index (χ0) is 23.4. The van der Waals surface area contributed by atoms with E-state index in [2.05, 4.69) is 22.5 Å². The molecule has 2 aliphatic heterocycles. The molecule has 0 saturated carbocycles. The normalized spacial score (nSPS) is 18.5. The van der Waals surface area contributed by atoms with Crippen molar-refractivity contribution in [2.45, 2.75) is 32.9 Å². The molecule has 2 amide bonds. The van der Waals surface area contributed by atoms with Crippen LogP contribution in [0.1, 0.15) is 25.1 Å². The molecule has 1 atom stereocenters. The summed E-state index contributed by atoms with van der Waals surface area (Å²) in [5.74, 6) is 0.652. The zero-order valence-electron chi connectivity index (χ0n) is 19.0. The second kappa shape index (κ2) is 10.1. The number of benzene rings is 1. The van der Waals surface area contributed by atoms with E-state index in [4.69, 9.17) is 14.7 Å². The maximum Gasteiger partial charge on any atom is 0.319 e. The van der Waals surface area contributed by atoms with Crippen molar-refractivity contribution in [3.63, 3.8) is 0 Å². The van der Waals surface area contributed by atoms with E-state index in [1.54, 1.807) is 0 Å². The number of nitrogens with zero attached hydrogens (tertiary/aromatic N) is 4. The van der Waals surface area contributed by atoms with Gasteiger partial charge in [-0.05, 0) is 44.5 Å². The van der Waals surface area contributed by atoms with Crippen molar-refractivity contribution in [1.29, 1.82) is 0 Å². The summed E-state index contributed by atoms with van der Waals surface area (Å²) in [7, 11) is 0. The number of nitrogens with one attached hydrogen (secondary N) is 2. The highest BCUT2D eigenvalue weighted by molar-refractivity contribution is 5.89. The highest BCUT2D eigenvalue weighted by Crippen LogP contribution is 2.31. The van der Waals surface area contributed by atoms with Crippen LogP contribution in [0, 0.1) is 0 Å². The Morgan fingerprint density at radius 1 is 1.21 bits per heavy atom. The molecule has 1 aromatic heterocycles. The minimum Gasteiger partial charge on any atom is -0.480 e. The Kier molecular flexibility index (Phi) is 7.05. The molecule has 1 aromatic carbocycles. The maximum absolute atomic E-state index is 11.8. The van der Waals surface area contributed by atoms with Gasteiger partial charge in [0.1, 0.15) is 5.82 Å². The number of aliphatic carboxylic acids is 1. The van der Waals surface area contributed by atoms with Crippen molar-refractivity contribution < 1.29 is 19.4 Å². The standard InChI is InChI=1S/C23H30N6O4/c1-3-24-23(32)25-17-6-4-16(5-7-17)21-26-19-12-28(13-20(30)31)9-8-18(19)22(27-21)29-10-11-33-14-15(29)2/h4-7,15H,3,8-14H2,1-2H3,(H,30,31)(H2,24,25,32)/t15-/m0/s1. The topological polar surface area (TPSA) is 120 Å². The molecule has 2 aromatic rings. The van der Waals surface area contributed by atoms with Gasteiger partial charge < -0.3 is 25.4 Å². The first-order valence-electron chi connectivity index (χ1n) is 11.3. The van der Waals surface area contributed by atoms with Crippen LogP contribution >= 0.6 is 0 Å². The van der Waals surface area contributed by atoms with Crippen LogP contribution in [0.5, 0.6) is 0 Å². The van der Waals surface area contributed by atoms with Gasteiger partial charge in [-0.25, -0.2) is 14.8 Å². The van der Waals surface area contributed by atoms with Crippen LogP contribution < -0.4 is 15.5 Å². The predicted octanol–water partition coefficient (Wildman–Crippen LogP) is 1.95. The molecule has 2 aliphatic rings. The fourth-order valence-electron chi connectivity index (χ4n) is 4.24. The number of carboxylic acid groups (broad SMARTS) is 1. The van der Waals surface area contributed by atoms with E-state index >= 15 is 0 Å². The first kappa shape index (κ1) is 22.9. The Labute approximate surface area is 193 Å². The van der Waals surface area contributed by atoms with Crippen LogP contribution in [0.2, 0.25) is 0 Å². The van der Waals surface area contributed by atoms with E-state index < -0.39 is 5.97 Å². The lowest BCUT2D eigenvalue weighted by atomic mass is 10.0. The number of ether oxygens (including phenoxy) is 1. The van der Waals surface area contributed by atoms with Gasteiger partial charge in [-0.3, -0.25) is 9.69 Å². The van der Waals surface area contributed by atoms with E-state index in [-0.39, 0.29) is 18.6 Å². The van der Waals surface area contributed by atoms with Crippen molar-refractivity contribution >= 4 is 23.5 Å². The number of fused-ring (bicyclic) bond motifs is 1. The minimum absolute atomic E-state index is 0.0116. The fourth-order valence-corrected chi connectivity index (χ4v) is 4.24. The lowest BCUT2D eigenvalue weighted by Gasteiger charge is -2.37. The largest absolute Gasteiger partial charge is 0.480 e. The van der Waals surface area contributed by atoms with Gasteiger partial charge >= 0.3 is 12.0 Å². The number of aromatic nitrogens is 2. The second-order valence-corrected chi connectivity index (χ2v) is 8.33. The number of hydrogen-bond donors (Lipinski definition) is 3. The van der Waals surface area contributed by atoms with Crippen molar-refractivity contribution in [1.82, 2.24) is 20.2 Å². The summed E-state index contributed by atoms with van der Waals surface area (Å²) in [4.78, 5) is 37.0. The third kappa shape index (κ3) is 5.40. The van der Waals surface area contributed by atoms with E-state index in [1.807, 2.05) is 36.1 Å². The summed E-state index contributed by atoms with van der Waals surface area (Å²) in [5.41, 5.74) is 3.46. The van der Waals surface area contributed by atoms with E-state index in [0.717, 1.165) is 29.2 Å². The zero-order valence-corrected chi connectivity index (χ0v) is 19.0. The van der Waals surface area contributed by atoms with Crippen molar-refractivity contribution in [2.75, 3.05) is 49.6 Å². The molecular formula is C23H30N6O4. The smallest absolute Gasteiger partial charge is 0.319 e. The average molecular weight is 455 g/mol. The van der Waals surface area contributed by atoms with Gasteiger partial charge in [0.05, 0.1) is 31.5 Å². The van der Waals surface area contributed by atoms with Gasteiger partial charge in [-0.1, -0.05) is 0 Å². The number of anilines is 2. The van der Waals surface area contributed by atoms with E-state index in [9.17, 15) is 14.7 Å². The Balaban J connectivity index is 1.67. The summed E-state index contributed by atoms with van der Waals surface area (Å²) < 4.78 is 5.62. The Bertz CT molecular complexity index is 1010. The molecule has 0 unspecified atom stereocenters. The molecule has 3 heterocycles. The van der Waals surface area contributed by atoms with Gasteiger partial charge in [0, 0.05) is 43.0 Å². The lowest BCUT2D eigenvalue weighted by Crippen LogP contribution is -2.45. The van der Waals surface area contributed by atoms with Crippen molar-refractivity contribution in [2.24, 2.45) is 0 Å². The molecule has 10 heteroatoms. The van der Waals surface area contributed by atoms with Crippen molar-refractivity contribution in [3.8, 4) is 11.4 Å². The van der Waals surface area contributed by atoms with Crippen molar-refractivity contribution in [3.05, 3.63) is 35.5 Å². The molecule has 0 radical (unpaired) electrons. The number of morpholine rings is 1. The highest BCUT2D eigenvalue weighted by Gasteiger charge is 2.29. The highest BCUT2D eigenvalue weighted by atomic mass is 16.5. The molecular weight excluding hydrogens is 424 g/mol. The number of carboxylic acids is 1. The summed E-state index contributed by atoms with van der Waals surface area (Å²) in [6, 6.07) is 7.34. The van der Waals surface area contributed by atoms with Crippen LogP contribution in [-0.4, -0.2) is 77.4 Å². The molecule has 1 fully saturated rings. The van der Waals surface area contributed by atoms with Gasteiger partial charge in [-0.2, -0.15) is 0 Å². The van der Waals surface area contributed by atoms with E-state index in [0.29, 0.717) is 50.8 Å². The number of hydrogen-bond acceptors (Lipinski definition) is 7. The molecule has 10 nitrogen and oxygen atoms in total. The Morgan fingerprint density at radius 3 is 2.70 bits per heavy atom. The monoisotopic (exact) mass is 454 g/mol. The quantitative estimate of drug-likeness (QED) is 0.606. The van der Waals surface area contributed by atoms with Crippen LogP contribution in [0.15, 0.2) is 24.3 Å². The average Bonchev–Trinajstić information content (AvgIpc) is 2.79. The molecule has 3 N–H and O–H groups in total. The molecule has 176 valence electrons. The number of rotatable bonds is 6. The number of carbonyl (C=O) groups is 2. The van der Waals surface area contributed by atoms with Gasteiger partial charge in [-0.15, -0.1) is 0 Å². The summed E-state index contributed by atoms with van der Waals surface area (Å²) in [6.45, 7) is 7.68.